The van der Waals surface area contributed by atoms with Crippen molar-refractivity contribution in [1.29, 1.82) is 0 Å². The van der Waals surface area contributed by atoms with Gasteiger partial charge in [-0.3, -0.25) is 0 Å². The van der Waals surface area contributed by atoms with Crippen molar-refractivity contribution >= 4 is 0 Å². The molecule has 1 rings (SSSR count). The molecular formula is C11H19NO. The molecule has 0 aromatic carbocycles. The molecule has 0 heterocycles. The second-order valence-electron chi connectivity index (χ2n) is 3.77. The predicted octanol–water partition coefficient (Wildman–Crippen LogP) is 1.15. The van der Waals surface area contributed by atoms with Gasteiger partial charge < -0.3 is 10.4 Å². The van der Waals surface area contributed by atoms with Crippen LogP contribution in [0.15, 0.2) is 0 Å². The summed E-state index contributed by atoms with van der Waals surface area (Å²) in [5.41, 5.74) is 0. The van der Waals surface area contributed by atoms with Crippen LogP contribution in [-0.4, -0.2) is 23.8 Å². The molecule has 3 atom stereocenters. The topological polar surface area (TPSA) is 32.3 Å². The average Bonchev–Trinajstić information content (AvgIpc) is 2.61. The van der Waals surface area contributed by atoms with Crippen molar-refractivity contribution in [2.75, 3.05) is 6.61 Å². The maximum atomic E-state index is 9.10. The second-order valence-corrected chi connectivity index (χ2v) is 3.77. The Bertz CT molecular complexity index is 185. The Balaban J connectivity index is 2.39. The van der Waals surface area contributed by atoms with Crippen molar-refractivity contribution in [2.45, 2.75) is 44.7 Å². The van der Waals surface area contributed by atoms with Crippen LogP contribution in [0.5, 0.6) is 0 Å². The van der Waals surface area contributed by atoms with Crippen molar-refractivity contribution in [2.24, 2.45) is 5.92 Å². The third-order valence-corrected chi connectivity index (χ3v) is 2.92. The number of aliphatic hydroxyl groups excluding tert-OH is 1. The van der Waals surface area contributed by atoms with Gasteiger partial charge in [-0.15, -0.1) is 6.42 Å². The fourth-order valence-electron chi connectivity index (χ4n) is 2.02. The number of hydrogen-bond acceptors (Lipinski definition) is 2. The maximum Gasteiger partial charge on any atom is 0.0686 e. The summed E-state index contributed by atoms with van der Waals surface area (Å²) in [6, 6.07) is 0.614. The van der Waals surface area contributed by atoms with Crippen LogP contribution in [0.3, 0.4) is 0 Å². The van der Waals surface area contributed by atoms with E-state index in [-0.39, 0.29) is 6.04 Å². The molecular weight excluding hydrogens is 162 g/mol. The van der Waals surface area contributed by atoms with Crippen molar-refractivity contribution in [3.05, 3.63) is 0 Å². The Hall–Kier alpha value is -0.520. The normalized spacial score (nSPS) is 29.9. The van der Waals surface area contributed by atoms with Gasteiger partial charge in [-0.1, -0.05) is 19.3 Å². The van der Waals surface area contributed by atoms with E-state index in [1.165, 1.54) is 6.42 Å². The lowest BCUT2D eigenvalue weighted by Crippen LogP contribution is -2.40. The summed E-state index contributed by atoms with van der Waals surface area (Å²) in [4.78, 5) is 0. The lowest BCUT2D eigenvalue weighted by Gasteiger charge is -2.22. The zero-order valence-corrected chi connectivity index (χ0v) is 8.29. The summed E-state index contributed by atoms with van der Waals surface area (Å²) < 4.78 is 0. The first-order valence-corrected chi connectivity index (χ1v) is 5.14. The van der Waals surface area contributed by atoms with Gasteiger partial charge in [0.1, 0.15) is 0 Å². The van der Waals surface area contributed by atoms with Crippen LogP contribution in [-0.2, 0) is 0 Å². The Morgan fingerprint density at radius 1 is 1.62 bits per heavy atom. The number of nitrogens with one attached hydrogen (secondary N) is 1. The van der Waals surface area contributed by atoms with Crippen LogP contribution in [0, 0.1) is 18.3 Å². The molecule has 0 spiro atoms. The average molecular weight is 181 g/mol. The van der Waals surface area contributed by atoms with Crippen LogP contribution < -0.4 is 5.32 Å². The van der Waals surface area contributed by atoms with Gasteiger partial charge in [0.15, 0.2) is 0 Å². The molecule has 0 radical (unpaired) electrons. The molecule has 1 fully saturated rings. The summed E-state index contributed by atoms with van der Waals surface area (Å²) in [5.74, 6) is 3.15. The number of hydrogen-bond donors (Lipinski definition) is 2. The molecule has 0 aliphatic heterocycles. The van der Waals surface area contributed by atoms with Crippen LogP contribution in [0.1, 0.15) is 32.6 Å². The van der Waals surface area contributed by atoms with Crippen molar-refractivity contribution in [3.8, 4) is 12.3 Å². The Morgan fingerprint density at radius 2 is 2.38 bits per heavy atom. The van der Waals surface area contributed by atoms with Gasteiger partial charge in [0.2, 0.25) is 0 Å². The van der Waals surface area contributed by atoms with E-state index in [4.69, 9.17) is 11.5 Å². The van der Waals surface area contributed by atoms with E-state index in [9.17, 15) is 0 Å². The highest BCUT2D eigenvalue weighted by Crippen LogP contribution is 2.25. The lowest BCUT2D eigenvalue weighted by molar-refractivity contribution is 0.202. The predicted molar refractivity (Wildman–Crippen MR) is 54.3 cm³/mol. The lowest BCUT2D eigenvalue weighted by atomic mass is 10.0. The van der Waals surface area contributed by atoms with Gasteiger partial charge in [-0.05, 0) is 25.2 Å². The quantitative estimate of drug-likeness (QED) is 0.638. The van der Waals surface area contributed by atoms with Crippen molar-refractivity contribution in [1.82, 2.24) is 5.32 Å². The zero-order valence-electron chi connectivity index (χ0n) is 8.29. The van der Waals surface area contributed by atoms with Crippen LogP contribution in [0.4, 0.5) is 0 Å². The number of terminal acetylenes is 1. The smallest absolute Gasteiger partial charge is 0.0686 e. The van der Waals surface area contributed by atoms with E-state index in [0.717, 1.165) is 19.3 Å². The van der Waals surface area contributed by atoms with E-state index in [0.29, 0.717) is 18.6 Å². The number of rotatable bonds is 4. The molecule has 0 saturated heterocycles. The third-order valence-electron chi connectivity index (χ3n) is 2.92. The Labute approximate surface area is 80.7 Å². The summed E-state index contributed by atoms with van der Waals surface area (Å²) in [6.45, 7) is 2.37. The van der Waals surface area contributed by atoms with E-state index in [1.807, 2.05) is 0 Å². The molecule has 2 heteroatoms. The molecule has 1 aliphatic carbocycles. The monoisotopic (exact) mass is 181 g/mol. The molecule has 74 valence electrons. The molecule has 0 aromatic heterocycles. The summed E-state index contributed by atoms with van der Waals surface area (Å²) in [7, 11) is 0. The van der Waals surface area contributed by atoms with Gasteiger partial charge in [0.25, 0.3) is 0 Å². The van der Waals surface area contributed by atoms with E-state index >= 15 is 0 Å². The van der Waals surface area contributed by atoms with E-state index < -0.39 is 0 Å². The minimum absolute atomic E-state index is 0.178. The van der Waals surface area contributed by atoms with Gasteiger partial charge in [-0.25, -0.2) is 0 Å². The molecule has 0 bridgehead atoms. The molecule has 2 N–H and O–H groups in total. The molecule has 1 aliphatic rings. The van der Waals surface area contributed by atoms with Crippen molar-refractivity contribution < 1.29 is 5.11 Å². The first-order chi connectivity index (χ1) is 6.31. The first kappa shape index (κ1) is 10.6. The second kappa shape index (κ2) is 5.26. The highest BCUT2D eigenvalue weighted by molar-refractivity contribution is 5.00. The third kappa shape index (κ3) is 2.72. The molecule has 3 unspecified atom stereocenters. The minimum atomic E-state index is 0.178. The fourth-order valence-corrected chi connectivity index (χ4v) is 2.02. The molecule has 13 heavy (non-hydrogen) atoms. The summed E-state index contributed by atoms with van der Waals surface area (Å²) in [5, 5.41) is 12.5. The van der Waals surface area contributed by atoms with Gasteiger partial charge in [0, 0.05) is 12.6 Å². The fraction of sp³-hybridized carbons (Fsp3) is 0.818. The van der Waals surface area contributed by atoms with Gasteiger partial charge in [0.05, 0.1) is 6.04 Å². The van der Waals surface area contributed by atoms with Gasteiger partial charge >= 0.3 is 0 Å². The van der Waals surface area contributed by atoms with Crippen LogP contribution in [0.25, 0.3) is 0 Å². The molecule has 1 saturated carbocycles. The Morgan fingerprint density at radius 3 is 2.92 bits per heavy atom. The van der Waals surface area contributed by atoms with E-state index in [2.05, 4.69) is 18.2 Å². The molecule has 2 nitrogen and oxygen atoms in total. The molecule has 0 aromatic rings. The molecule has 0 amide bonds. The standard InChI is InChI=1S/C11H19NO/c1-3-10(4-2)12-11-7-5-6-9(11)8-13/h1,9-13H,4-8H2,2H3. The van der Waals surface area contributed by atoms with Crippen molar-refractivity contribution in [3.63, 3.8) is 0 Å². The largest absolute Gasteiger partial charge is 0.396 e. The summed E-state index contributed by atoms with van der Waals surface area (Å²) in [6.07, 6.45) is 9.84. The summed E-state index contributed by atoms with van der Waals surface area (Å²) >= 11 is 0. The SMILES string of the molecule is C#CC(CC)NC1CCCC1CO. The van der Waals surface area contributed by atoms with E-state index in [1.54, 1.807) is 0 Å². The maximum absolute atomic E-state index is 9.10. The van der Waals surface area contributed by atoms with Crippen LogP contribution >= 0.6 is 0 Å². The van der Waals surface area contributed by atoms with Gasteiger partial charge in [-0.2, -0.15) is 0 Å². The highest BCUT2D eigenvalue weighted by atomic mass is 16.3. The van der Waals surface area contributed by atoms with Crippen LogP contribution in [0.2, 0.25) is 0 Å². The number of aliphatic hydroxyl groups is 1. The zero-order chi connectivity index (χ0) is 9.68. The first-order valence-electron chi connectivity index (χ1n) is 5.14. The Kier molecular flexibility index (Phi) is 4.27. The minimum Gasteiger partial charge on any atom is -0.396 e. The highest BCUT2D eigenvalue weighted by Gasteiger charge is 2.27.